The molecule has 0 aromatic carbocycles. The Balaban J connectivity index is 1.75. The number of nitrogens with zero attached hydrogens (tertiary/aromatic N) is 1. The first kappa shape index (κ1) is 11.6. The Bertz CT molecular complexity index is 382. The molecule has 4 heteroatoms. The second kappa shape index (κ2) is 4.95. The molecule has 0 radical (unpaired) electrons. The zero-order valence-electron chi connectivity index (χ0n) is 9.88. The topological polar surface area (TPSA) is 42.0 Å². The third-order valence-corrected chi connectivity index (χ3v) is 4.26. The lowest BCUT2D eigenvalue weighted by Gasteiger charge is -2.23. The van der Waals surface area contributed by atoms with Gasteiger partial charge in [-0.15, -0.1) is 11.3 Å². The van der Waals surface area contributed by atoms with Gasteiger partial charge in [-0.2, -0.15) is 0 Å². The van der Waals surface area contributed by atoms with Gasteiger partial charge in [0.25, 0.3) is 0 Å². The lowest BCUT2D eigenvalue weighted by atomic mass is 9.85. The fraction of sp³-hybridized carbons (Fsp3) is 0.667. The van der Waals surface area contributed by atoms with Crippen molar-refractivity contribution in [3.63, 3.8) is 0 Å². The molecule has 1 N–H and O–H groups in total. The zero-order valence-corrected chi connectivity index (χ0v) is 10.7. The van der Waals surface area contributed by atoms with Crippen molar-refractivity contribution >= 4 is 17.2 Å². The van der Waals surface area contributed by atoms with Crippen LogP contribution in [0, 0.1) is 19.8 Å². The number of thiazole rings is 1. The number of carbonyl (C=O) groups is 1. The molecule has 0 aliphatic heterocycles. The van der Waals surface area contributed by atoms with Crippen molar-refractivity contribution in [1.82, 2.24) is 10.3 Å². The summed E-state index contributed by atoms with van der Waals surface area (Å²) in [5.41, 5.74) is 1.11. The molecule has 2 rings (SSSR count). The summed E-state index contributed by atoms with van der Waals surface area (Å²) in [5, 5.41) is 4.12. The monoisotopic (exact) mass is 238 g/mol. The summed E-state index contributed by atoms with van der Waals surface area (Å²) in [5.74, 6) is 0.537. The van der Waals surface area contributed by atoms with E-state index in [1.807, 2.05) is 13.8 Å². The molecule has 0 bridgehead atoms. The van der Waals surface area contributed by atoms with Crippen LogP contribution in [0.1, 0.15) is 34.8 Å². The molecule has 1 amide bonds. The van der Waals surface area contributed by atoms with Gasteiger partial charge in [-0.25, -0.2) is 4.98 Å². The minimum Gasteiger partial charge on any atom is -0.356 e. The van der Waals surface area contributed by atoms with Gasteiger partial charge in [0.15, 0.2) is 0 Å². The lowest BCUT2D eigenvalue weighted by Crippen LogP contribution is -2.35. The Kier molecular flexibility index (Phi) is 3.59. The summed E-state index contributed by atoms with van der Waals surface area (Å²) >= 11 is 1.73. The van der Waals surface area contributed by atoms with Gasteiger partial charge in [0, 0.05) is 23.8 Å². The van der Waals surface area contributed by atoms with Crippen LogP contribution < -0.4 is 5.32 Å². The molecule has 16 heavy (non-hydrogen) atoms. The van der Waals surface area contributed by atoms with E-state index in [0.717, 1.165) is 36.5 Å². The number of hydrogen-bond donors (Lipinski definition) is 1. The largest absolute Gasteiger partial charge is 0.356 e. The molecule has 1 saturated carbocycles. The van der Waals surface area contributed by atoms with Crippen molar-refractivity contribution in [2.24, 2.45) is 5.92 Å². The van der Waals surface area contributed by atoms with Crippen molar-refractivity contribution in [2.75, 3.05) is 6.54 Å². The van der Waals surface area contributed by atoms with Crippen LogP contribution in [-0.2, 0) is 11.2 Å². The highest BCUT2D eigenvalue weighted by atomic mass is 32.1. The first-order chi connectivity index (χ1) is 7.66. The van der Waals surface area contributed by atoms with E-state index in [0.29, 0.717) is 5.92 Å². The van der Waals surface area contributed by atoms with Crippen LogP contribution in [0.5, 0.6) is 0 Å². The standard InChI is InChI=1S/C12H18N2OS/c1-8-11(16-9(2)14-8)6-7-13-12(15)10-4-3-5-10/h10H,3-7H2,1-2H3,(H,13,15). The van der Waals surface area contributed by atoms with Crippen molar-refractivity contribution in [1.29, 1.82) is 0 Å². The Morgan fingerprint density at radius 3 is 2.75 bits per heavy atom. The third kappa shape index (κ3) is 2.61. The zero-order chi connectivity index (χ0) is 11.5. The van der Waals surface area contributed by atoms with Gasteiger partial charge in [-0.3, -0.25) is 4.79 Å². The molecule has 1 aromatic rings. The summed E-state index contributed by atoms with van der Waals surface area (Å²) in [7, 11) is 0. The van der Waals surface area contributed by atoms with Crippen LogP contribution in [-0.4, -0.2) is 17.4 Å². The van der Waals surface area contributed by atoms with Crippen molar-refractivity contribution < 1.29 is 4.79 Å². The van der Waals surface area contributed by atoms with Gasteiger partial charge in [0.1, 0.15) is 0 Å². The van der Waals surface area contributed by atoms with E-state index in [1.165, 1.54) is 11.3 Å². The first-order valence-electron chi connectivity index (χ1n) is 5.87. The molecule has 1 aliphatic rings. The highest BCUT2D eigenvalue weighted by Crippen LogP contribution is 2.26. The second-order valence-corrected chi connectivity index (χ2v) is 5.70. The van der Waals surface area contributed by atoms with E-state index in [9.17, 15) is 4.79 Å². The molecule has 0 atom stereocenters. The molecule has 1 fully saturated rings. The number of nitrogens with one attached hydrogen (secondary N) is 1. The number of hydrogen-bond acceptors (Lipinski definition) is 3. The van der Waals surface area contributed by atoms with E-state index in [-0.39, 0.29) is 5.91 Å². The molecule has 1 aliphatic carbocycles. The number of carbonyl (C=O) groups excluding carboxylic acids is 1. The Labute approximate surface area is 100 Å². The van der Waals surface area contributed by atoms with Crippen LogP contribution in [0.4, 0.5) is 0 Å². The number of rotatable bonds is 4. The third-order valence-electron chi connectivity index (χ3n) is 3.13. The van der Waals surface area contributed by atoms with E-state index in [4.69, 9.17) is 0 Å². The maximum atomic E-state index is 11.6. The first-order valence-corrected chi connectivity index (χ1v) is 6.69. The lowest BCUT2D eigenvalue weighted by molar-refractivity contribution is -0.127. The summed E-state index contributed by atoms with van der Waals surface area (Å²) in [6.07, 6.45) is 4.27. The van der Waals surface area contributed by atoms with E-state index >= 15 is 0 Å². The summed E-state index contributed by atoms with van der Waals surface area (Å²) in [6, 6.07) is 0. The Morgan fingerprint density at radius 2 is 2.25 bits per heavy atom. The van der Waals surface area contributed by atoms with Crippen molar-refractivity contribution in [2.45, 2.75) is 39.5 Å². The summed E-state index contributed by atoms with van der Waals surface area (Å²) in [4.78, 5) is 17.3. The predicted molar refractivity (Wildman–Crippen MR) is 65.6 cm³/mol. The molecule has 1 aromatic heterocycles. The van der Waals surface area contributed by atoms with Gasteiger partial charge in [0.2, 0.25) is 5.91 Å². The molecule has 0 spiro atoms. The predicted octanol–water partition coefficient (Wildman–Crippen LogP) is 2.22. The molecule has 1 heterocycles. The van der Waals surface area contributed by atoms with Gasteiger partial charge in [0.05, 0.1) is 10.7 Å². The molecule has 0 saturated heterocycles. The Morgan fingerprint density at radius 1 is 1.50 bits per heavy atom. The smallest absolute Gasteiger partial charge is 0.223 e. The maximum Gasteiger partial charge on any atom is 0.223 e. The highest BCUT2D eigenvalue weighted by molar-refractivity contribution is 7.11. The van der Waals surface area contributed by atoms with Crippen LogP contribution in [0.15, 0.2) is 0 Å². The quantitative estimate of drug-likeness (QED) is 0.874. The van der Waals surface area contributed by atoms with E-state index < -0.39 is 0 Å². The highest BCUT2D eigenvalue weighted by Gasteiger charge is 2.24. The van der Waals surface area contributed by atoms with Crippen molar-refractivity contribution in [3.8, 4) is 0 Å². The second-order valence-electron chi connectivity index (χ2n) is 4.41. The van der Waals surface area contributed by atoms with Crippen molar-refractivity contribution in [3.05, 3.63) is 15.6 Å². The maximum absolute atomic E-state index is 11.6. The minimum atomic E-state index is 0.241. The Hall–Kier alpha value is -0.900. The fourth-order valence-electron chi connectivity index (χ4n) is 1.92. The number of amides is 1. The summed E-state index contributed by atoms with van der Waals surface area (Å²) < 4.78 is 0. The normalized spacial score (nSPS) is 15.9. The molecule has 88 valence electrons. The van der Waals surface area contributed by atoms with E-state index in [2.05, 4.69) is 10.3 Å². The average molecular weight is 238 g/mol. The van der Waals surface area contributed by atoms with E-state index in [1.54, 1.807) is 11.3 Å². The van der Waals surface area contributed by atoms with Crippen LogP contribution >= 0.6 is 11.3 Å². The fourth-order valence-corrected chi connectivity index (χ4v) is 2.86. The van der Waals surface area contributed by atoms with Crippen LogP contribution in [0.3, 0.4) is 0 Å². The molecule has 3 nitrogen and oxygen atoms in total. The minimum absolute atomic E-state index is 0.241. The molecule has 0 unspecified atom stereocenters. The van der Waals surface area contributed by atoms with Gasteiger partial charge in [-0.05, 0) is 26.7 Å². The molecular formula is C12H18N2OS. The number of aryl methyl sites for hydroxylation is 2. The van der Waals surface area contributed by atoms with Gasteiger partial charge < -0.3 is 5.32 Å². The van der Waals surface area contributed by atoms with Crippen LogP contribution in [0.25, 0.3) is 0 Å². The molecular weight excluding hydrogens is 220 g/mol. The average Bonchev–Trinajstić information content (AvgIpc) is 2.42. The number of aromatic nitrogens is 1. The van der Waals surface area contributed by atoms with Crippen LogP contribution in [0.2, 0.25) is 0 Å². The van der Waals surface area contributed by atoms with Gasteiger partial charge >= 0.3 is 0 Å². The SMILES string of the molecule is Cc1nc(C)c(CCNC(=O)C2CCC2)s1. The summed E-state index contributed by atoms with van der Waals surface area (Å²) in [6.45, 7) is 4.80. The van der Waals surface area contributed by atoms with Gasteiger partial charge in [-0.1, -0.05) is 6.42 Å².